The van der Waals surface area contributed by atoms with Gasteiger partial charge < -0.3 is 5.32 Å². The first-order valence-corrected chi connectivity index (χ1v) is 11.3. The Morgan fingerprint density at radius 1 is 1.04 bits per heavy atom. The Morgan fingerprint density at radius 2 is 1.54 bits per heavy atom. The predicted molar refractivity (Wildman–Crippen MR) is 112 cm³/mol. The van der Waals surface area contributed by atoms with Gasteiger partial charge in [0.1, 0.15) is 4.88 Å². The van der Waals surface area contributed by atoms with E-state index in [2.05, 4.69) is 10.3 Å². The monoisotopic (exact) mass is 415 g/mol. The van der Waals surface area contributed by atoms with E-state index < -0.39 is 10.0 Å². The first-order valence-electron chi connectivity index (χ1n) is 8.59. The van der Waals surface area contributed by atoms with Crippen LogP contribution < -0.4 is 9.62 Å². The maximum Gasteiger partial charge on any atom is 0.264 e. The maximum atomic E-state index is 13.0. The number of hydrogen-bond donors (Lipinski definition) is 1. The average Bonchev–Trinajstić information content (AvgIpc) is 3.07. The molecule has 0 aliphatic rings. The quantitative estimate of drug-likeness (QED) is 0.669. The van der Waals surface area contributed by atoms with Crippen LogP contribution in [0.1, 0.15) is 32.5 Å². The Bertz CT molecular complexity index is 1030. The molecule has 3 aromatic rings. The minimum atomic E-state index is -3.44. The second-order valence-corrected chi connectivity index (χ2v) is 9.36. The van der Waals surface area contributed by atoms with Crippen molar-refractivity contribution in [3.05, 3.63) is 82.4 Å². The standard InChI is InChI=1S/C20H21N3O3S2/c1-14-18(27-20(21-14)23(2)28(3,25)26)19(24)22-17(15-10-6-4-7-11-15)16-12-8-5-9-13-16/h4-13,17H,1-3H3,(H,22,24). The number of aryl methyl sites for hydroxylation is 1. The number of sulfonamides is 1. The van der Waals surface area contributed by atoms with Gasteiger partial charge in [-0.15, -0.1) is 0 Å². The topological polar surface area (TPSA) is 79.4 Å². The SMILES string of the molecule is Cc1nc(N(C)S(C)(=O)=O)sc1C(=O)NC(c1ccccc1)c1ccccc1. The lowest BCUT2D eigenvalue weighted by Gasteiger charge is -2.19. The van der Waals surface area contributed by atoms with Gasteiger partial charge in [0, 0.05) is 7.05 Å². The zero-order valence-corrected chi connectivity index (χ0v) is 17.4. The lowest BCUT2D eigenvalue weighted by molar-refractivity contribution is 0.0946. The summed E-state index contributed by atoms with van der Waals surface area (Å²) in [5.74, 6) is -0.291. The minimum Gasteiger partial charge on any atom is -0.340 e. The summed E-state index contributed by atoms with van der Waals surface area (Å²) in [6.07, 6.45) is 1.10. The second-order valence-electron chi connectivity index (χ2n) is 6.37. The van der Waals surface area contributed by atoms with Gasteiger partial charge in [0.05, 0.1) is 18.0 Å². The molecule has 146 valence electrons. The van der Waals surface area contributed by atoms with Crippen molar-refractivity contribution in [2.45, 2.75) is 13.0 Å². The molecule has 1 amide bonds. The fraction of sp³-hybridized carbons (Fsp3) is 0.200. The molecule has 2 aromatic carbocycles. The van der Waals surface area contributed by atoms with Crippen LogP contribution in [0.2, 0.25) is 0 Å². The molecule has 6 nitrogen and oxygen atoms in total. The van der Waals surface area contributed by atoms with Crippen LogP contribution in [0.25, 0.3) is 0 Å². The molecule has 0 saturated heterocycles. The Labute approximate surface area is 168 Å². The molecule has 0 radical (unpaired) electrons. The lowest BCUT2D eigenvalue weighted by Crippen LogP contribution is -2.29. The number of rotatable bonds is 6. The van der Waals surface area contributed by atoms with Gasteiger partial charge in [0.2, 0.25) is 10.0 Å². The van der Waals surface area contributed by atoms with E-state index in [0.29, 0.717) is 10.6 Å². The molecular weight excluding hydrogens is 394 g/mol. The summed E-state index contributed by atoms with van der Waals surface area (Å²) in [7, 11) is -2.02. The van der Waals surface area contributed by atoms with Crippen molar-refractivity contribution in [3.63, 3.8) is 0 Å². The van der Waals surface area contributed by atoms with E-state index >= 15 is 0 Å². The molecular formula is C20H21N3O3S2. The molecule has 8 heteroatoms. The van der Waals surface area contributed by atoms with E-state index in [4.69, 9.17) is 0 Å². The fourth-order valence-electron chi connectivity index (χ4n) is 2.72. The molecule has 0 spiro atoms. The molecule has 28 heavy (non-hydrogen) atoms. The van der Waals surface area contributed by atoms with Crippen molar-refractivity contribution >= 4 is 32.4 Å². The van der Waals surface area contributed by atoms with Gasteiger partial charge in [-0.1, -0.05) is 72.0 Å². The molecule has 1 N–H and O–H groups in total. The van der Waals surface area contributed by atoms with Crippen LogP contribution in [0, 0.1) is 6.92 Å². The average molecular weight is 416 g/mol. The number of anilines is 1. The van der Waals surface area contributed by atoms with Crippen molar-refractivity contribution in [2.75, 3.05) is 17.6 Å². The van der Waals surface area contributed by atoms with Gasteiger partial charge in [-0.05, 0) is 18.1 Å². The number of benzene rings is 2. The van der Waals surface area contributed by atoms with E-state index in [0.717, 1.165) is 33.0 Å². The first-order chi connectivity index (χ1) is 13.3. The van der Waals surface area contributed by atoms with E-state index in [1.807, 2.05) is 60.7 Å². The fourth-order valence-corrected chi connectivity index (χ4v) is 4.40. The minimum absolute atomic E-state index is 0.265. The van der Waals surface area contributed by atoms with E-state index in [-0.39, 0.29) is 17.1 Å². The maximum absolute atomic E-state index is 13.0. The number of nitrogens with one attached hydrogen (secondary N) is 1. The van der Waals surface area contributed by atoms with Crippen LogP contribution in [0.5, 0.6) is 0 Å². The van der Waals surface area contributed by atoms with Gasteiger partial charge in [-0.3, -0.25) is 4.79 Å². The third-order valence-corrected chi connectivity index (χ3v) is 6.82. The normalized spacial score (nSPS) is 11.4. The lowest BCUT2D eigenvalue weighted by atomic mass is 9.98. The second kappa shape index (κ2) is 8.12. The van der Waals surface area contributed by atoms with Gasteiger partial charge in [0.15, 0.2) is 5.13 Å². The van der Waals surface area contributed by atoms with Crippen LogP contribution >= 0.6 is 11.3 Å². The smallest absolute Gasteiger partial charge is 0.264 e. The Kier molecular flexibility index (Phi) is 5.81. The van der Waals surface area contributed by atoms with Crippen LogP contribution in [0.3, 0.4) is 0 Å². The summed E-state index contributed by atoms with van der Waals surface area (Å²) in [6.45, 7) is 1.70. The van der Waals surface area contributed by atoms with E-state index in [1.54, 1.807) is 6.92 Å². The molecule has 0 fully saturated rings. The van der Waals surface area contributed by atoms with Gasteiger partial charge in [-0.2, -0.15) is 0 Å². The summed E-state index contributed by atoms with van der Waals surface area (Å²) in [4.78, 5) is 17.6. The van der Waals surface area contributed by atoms with Gasteiger partial charge in [0.25, 0.3) is 5.91 Å². The largest absolute Gasteiger partial charge is 0.340 e. The van der Waals surface area contributed by atoms with Crippen LogP contribution in [-0.2, 0) is 10.0 Å². The molecule has 0 aliphatic heterocycles. The number of carbonyl (C=O) groups is 1. The first kappa shape index (κ1) is 20.0. The molecule has 0 atom stereocenters. The summed E-state index contributed by atoms with van der Waals surface area (Å²) >= 11 is 1.06. The molecule has 0 unspecified atom stereocenters. The zero-order chi connectivity index (χ0) is 20.3. The molecule has 1 heterocycles. The van der Waals surface area contributed by atoms with Crippen molar-refractivity contribution in [3.8, 4) is 0 Å². The van der Waals surface area contributed by atoms with E-state index in [1.165, 1.54) is 7.05 Å². The zero-order valence-electron chi connectivity index (χ0n) is 15.8. The highest BCUT2D eigenvalue weighted by atomic mass is 32.2. The number of aromatic nitrogens is 1. The van der Waals surface area contributed by atoms with Crippen molar-refractivity contribution in [2.24, 2.45) is 0 Å². The van der Waals surface area contributed by atoms with Crippen LogP contribution in [0.4, 0.5) is 5.13 Å². The summed E-state index contributed by atoms with van der Waals surface area (Å²) in [6, 6.07) is 19.1. The van der Waals surface area contributed by atoms with Crippen molar-refractivity contribution < 1.29 is 13.2 Å². The van der Waals surface area contributed by atoms with Crippen LogP contribution in [0.15, 0.2) is 60.7 Å². The number of thiazole rings is 1. The summed E-state index contributed by atoms with van der Waals surface area (Å²) < 4.78 is 24.6. The molecule has 0 bridgehead atoms. The molecule has 0 aliphatic carbocycles. The number of amides is 1. The van der Waals surface area contributed by atoms with Gasteiger partial charge >= 0.3 is 0 Å². The number of hydrogen-bond acceptors (Lipinski definition) is 5. The highest BCUT2D eigenvalue weighted by Gasteiger charge is 2.24. The van der Waals surface area contributed by atoms with Crippen molar-refractivity contribution in [1.82, 2.24) is 10.3 Å². The highest BCUT2D eigenvalue weighted by Crippen LogP contribution is 2.28. The molecule has 1 aromatic heterocycles. The Hall–Kier alpha value is -2.71. The Balaban J connectivity index is 1.92. The Morgan fingerprint density at radius 3 is 2.00 bits per heavy atom. The highest BCUT2D eigenvalue weighted by molar-refractivity contribution is 7.92. The van der Waals surface area contributed by atoms with Crippen LogP contribution in [-0.4, -0.2) is 32.6 Å². The number of carbonyl (C=O) groups excluding carboxylic acids is 1. The van der Waals surface area contributed by atoms with Crippen molar-refractivity contribution in [1.29, 1.82) is 0 Å². The molecule has 3 rings (SSSR count). The number of nitrogens with zero attached hydrogens (tertiary/aromatic N) is 2. The van der Waals surface area contributed by atoms with Gasteiger partial charge in [-0.25, -0.2) is 17.7 Å². The molecule has 0 saturated carbocycles. The summed E-state index contributed by atoms with van der Waals surface area (Å²) in [5.41, 5.74) is 2.41. The predicted octanol–water partition coefficient (Wildman–Crippen LogP) is 3.37. The third kappa shape index (κ3) is 4.40. The van der Waals surface area contributed by atoms with E-state index in [9.17, 15) is 13.2 Å². The third-order valence-electron chi connectivity index (χ3n) is 4.30. The summed E-state index contributed by atoms with van der Waals surface area (Å²) in [5, 5.41) is 3.33.